The van der Waals surface area contributed by atoms with Gasteiger partial charge >= 0.3 is 0 Å². The number of benzene rings is 1. The monoisotopic (exact) mass is 246 g/mol. The first-order valence-corrected chi connectivity index (χ1v) is 7.03. The highest BCUT2D eigenvalue weighted by Gasteiger charge is 2.43. The number of rotatable bonds is 1. The third kappa shape index (κ3) is 2.47. The molecule has 2 rings (SSSR count). The molecular formula is C17H26O. The van der Waals surface area contributed by atoms with Crippen LogP contribution in [0.4, 0.5) is 0 Å². The summed E-state index contributed by atoms with van der Waals surface area (Å²) in [5.41, 5.74) is 3.25. The van der Waals surface area contributed by atoms with E-state index in [2.05, 4.69) is 52.8 Å². The molecule has 1 saturated carbocycles. The maximum atomic E-state index is 11.2. The van der Waals surface area contributed by atoms with E-state index >= 15 is 0 Å². The Morgan fingerprint density at radius 3 is 2.44 bits per heavy atom. The highest BCUT2D eigenvalue weighted by atomic mass is 16.3. The average molecular weight is 246 g/mol. The van der Waals surface area contributed by atoms with Gasteiger partial charge in [-0.15, -0.1) is 0 Å². The first-order chi connectivity index (χ1) is 8.23. The van der Waals surface area contributed by atoms with Crippen LogP contribution < -0.4 is 0 Å². The van der Waals surface area contributed by atoms with Gasteiger partial charge in [-0.2, -0.15) is 0 Å². The summed E-state index contributed by atoms with van der Waals surface area (Å²) >= 11 is 0. The fraction of sp³-hybridized carbons (Fsp3) is 0.647. The van der Waals surface area contributed by atoms with Crippen LogP contribution in [0.1, 0.15) is 56.7 Å². The van der Waals surface area contributed by atoms with Crippen molar-refractivity contribution in [1.29, 1.82) is 0 Å². The van der Waals surface area contributed by atoms with Crippen molar-refractivity contribution in [3.05, 3.63) is 34.9 Å². The lowest BCUT2D eigenvalue weighted by Crippen LogP contribution is -2.40. The van der Waals surface area contributed by atoms with E-state index in [0.29, 0.717) is 5.92 Å². The maximum Gasteiger partial charge on any atom is 0.0906 e. The smallest absolute Gasteiger partial charge is 0.0906 e. The molecule has 1 aliphatic rings. The second-order valence-corrected chi connectivity index (χ2v) is 7.13. The zero-order chi connectivity index (χ0) is 13.6. The Hall–Kier alpha value is -0.820. The van der Waals surface area contributed by atoms with E-state index < -0.39 is 5.60 Å². The fourth-order valence-electron chi connectivity index (χ4n) is 3.99. The first kappa shape index (κ1) is 13.6. The van der Waals surface area contributed by atoms with Crippen LogP contribution in [0.5, 0.6) is 0 Å². The summed E-state index contributed by atoms with van der Waals surface area (Å²) in [6.45, 7) is 11.1. The van der Waals surface area contributed by atoms with Crippen molar-refractivity contribution in [1.82, 2.24) is 0 Å². The lowest BCUT2D eigenvalue weighted by atomic mass is 9.63. The Balaban J connectivity index is 2.44. The predicted octanol–water partition coefficient (Wildman–Crippen LogP) is 4.34. The largest absolute Gasteiger partial charge is 0.385 e. The minimum Gasteiger partial charge on any atom is -0.385 e. The third-order valence-electron chi connectivity index (χ3n) is 4.46. The van der Waals surface area contributed by atoms with Gasteiger partial charge in [-0.25, -0.2) is 0 Å². The fourth-order valence-corrected chi connectivity index (χ4v) is 3.99. The van der Waals surface area contributed by atoms with Crippen LogP contribution in [0.2, 0.25) is 0 Å². The van der Waals surface area contributed by atoms with Crippen LogP contribution in [-0.2, 0) is 5.60 Å². The molecule has 2 unspecified atom stereocenters. The molecule has 0 radical (unpaired) electrons. The summed E-state index contributed by atoms with van der Waals surface area (Å²) in [5, 5.41) is 11.2. The molecule has 0 bridgehead atoms. The van der Waals surface area contributed by atoms with Crippen LogP contribution in [0, 0.1) is 25.2 Å². The molecule has 1 heteroatoms. The molecular weight excluding hydrogens is 220 g/mol. The van der Waals surface area contributed by atoms with E-state index in [9.17, 15) is 5.11 Å². The summed E-state index contributed by atoms with van der Waals surface area (Å²) in [5.74, 6) is 0.582. The van der Waals surface area contributed by atoms with Gasteiger partial charge in [0.2, 0.25) is 0 Å². The SMILES string of the molecule is Cc1cccc(C2(O)CC(C)CC(C)(C)C2)c1C. The molecule has 0 spiro atoms. The van der Waals surface area contributed by atoms with Gasteiger partial charge in [0.15, 0.2) is 0 Å². The Morgan fingerprint density at radius 1 is 1.17 bits per heavy atom. The first-order valence-electron chi connectivity index (χ1n) is 7.03. The number of hydrogen-bond donors (Lipinski definition) is 1. The summed E-state index contributed by atoms with van der Waals surface area (Å²) in [7, 11) is 0. The molecule has 2 atom stereocenters. The van der Waals surface area contributed by atoms with Gasteiger partial charge in [0, 0.05) is 0 Å². The van der Waals surface area contributed by atoms with Gasteiger partial charge in [0.05, 0.1) is 5.60 Å². The Bertz CT molecular complexity index is 447. The molecule has 1 fully saturated rings. The van der Waals surface area contributed by atoms with E-state index in [0.717, 1.165) is 18.4 Å². The minimum atomic E-state index is -0.642. The van der Waals surface area contributed by atoms with E-state index in [4.69, 9.17) is 0 Å². The second kappa shape index (κ2) is 4.38. The van der Waals surface area contributed by atoms with Gasteiger partial charge in [-0.1, -0.05) is 39.0 Å². The summed E-state index contributed by atoms with van der Waals surface area (Å²) < 4.78 is 0. The lowest BCUT2D eigenvalue weighted by molar-refractivity contribution is -0.0639. The van der Waals surface area contributed by atoms with Crippen molar-refractivity contribution in [2.75, 3.05) is 0 Å². The summed E-state index contributed by atoms with van der Waals surface area (Å²) in [6.07, 6.45) is 2.97. The van der Waals surface area contributed by atoms with Crippen LogP contribution >= 0.6 is 0 Å². The highest BCUT2D eigenvalue weighted by molar-refractivity contribution is 5.37. The van der Waals surface area contributed by atoms with E-state index in [1.807, 2.05) is 0 Å². The molecule has 0 amide bonds. The molecule has 0 aromatic heterocycles. The molecule has 0 aliphatic heterocycles. The molecule has 1 nitrogen and oxygen atoms in total. The van der Waals surface area contributed by atoms with Gasteiger partial charge in [0.1, 0.15) is 0 Å². The Morgan fingerprint density at radius 2 is 1.83 bits per heavy atom. The van der Waals surface area contributed by atoms with Crippen molar-refractivity contribution in [3.8, 4) is 0 Å². The minimum absolute atomic E-state index is 0.225. The van der Waals surface area contributed by atoms with Crippen molar-refractivity contribution in [2.45, 2.75) is 59.5 Å². The van der Waals surface area contributed by atoms with Crippen LogP contribution in [0.3, 0.4) is 0 Å². The van der Waals surface area contributed by atoms with Crippen molar-refractivity contribution < 1.29 is 5.11 Å². The van der Waals surface area contributed by atoms with E-state index in [1.165, 1.54) is 17.5 Å². The standard InChI is InChI=1S/C17H26O/c1-12-9-16(4,5)11-17(18,10-12)15-8-6-7-13(2)14(15)3/h6-8,12,18H,9-11H2,1-5H3. The molecule has 1 aromatic rings. The van der Waals surface area contributed by atoms with Gasteiger partial charge < -0.3 is 5.11 Å². The van der Waals surface area contributed by atoms with Gasteiger partial charge in [-0.3, -0.25) is 0 Å². The number of aryl methyl sites for hydroxylation is 1. The molecule has 1 aliphatic carbocycles. The van der Waals surface area contributed by atoms with Crippen LogP contribution in [0.25, 0.3) is 0 Å². The van der Waals surface area contributed by atoms with Crippen LogP contribution in [-0.4, -0.2) is 5.11 Å². The van der Waals surface area contributed by atoms with Crippen molar-refractivity contribution in [3.63, 3.8) is 0 Å². The lowest BCUT2D eigenvalue weighted by Gasteiger charge is -2.45. The van der Waals surface area contributed by atoms with Gasteiger partial charge in [-0.05, 0) is 61.1 Å². The zero-order valence-corrected chi connectivity index (χ0v) is 12.4. The molecule has 1 aromatic carbocycles. The summed E-state index contributed by atoms with van der Waals surface area (Å²) in [6, 6.07) is 6.30. The summed E-state index contributed by atoms with van der Waals surface area (Å²) in [4.78, 5) is 0. The predicted molar refractivity (Wildman–Crippen MR) is 76.6 cm³/mol. The second-order valence-electron chi connectivity index (χ2n) is 7.13. The average Bonchev–Trinajstić information content (AvgIpc) is 2.18. The van der Waals surface area contributed by atoms with Crippen molar-refractivity contribution >= 4 is 0 Å². The molecule has 18 heavy (non-hydrogen) atoms. The Kier molecular flexibility index (Phi) is 3.31. The maximum absolute atomic E-state index is 11.2. The quantitative estimate of drug-likeness (QED) is 0.781. The number of aliphatic hydroxyl groups is 1. The third-order valence-corrected chi connectivity index (χ3v) is 4.46. The topological polar surface area (TPSA) is 20.2 Å². The molecule has 1 N–H and O–H groups in total. The molecule has 0 saturated heterocycles. The number of hydrogen-bond acceptors (Lipinski definition) is 1. The van der Waals surface area contributed by atoms with Crippen molar-refractivity contribution in [2.24, 2.45) is 11.3 Å². The highest BCUT2D eigenvalue weighted by Crippen LogP contribution is 2.49. The van der Waals surface area contributed by atoms with Gasteiger partial charge in [0.25, 0.3) is 0 Å². The normalized spacial score (nSPS) is 31.3. The molecule has 0 heterocycles. The van der Waals surface area contributed by atoms with E-state index in [1.54, 1.807) is 0 Å². The van der Waals surface area contributed by atoms with E-state index in [-0.39, 0.29) is 5.41 Å². The Labute approximate surface area is 111 Å². The van der Waals surface area contributed by atoms with Crippen LogP contribution in [0.15, 0.2) is 18.2 Å². The molecule has 100 valence electrons. The zero-order valence-electron chi connectivity index (χ0n) is 12.4.